The second-order valence-electron chi connectivity index (χ2n) is 4.57. The van der Waals surface area contributed by atoms with Crippen molar-refractivity contribution in [3.05, 3.63) is 64.4 Å². The second-order valence-corrected chi connectivity index (χ2v) is 6.23. The maximum Gasteiger partial charge on any atom is 0.0522 e. The maximum atomic E-state index is 5.75. The predicted octanol–water partition coefficient (Wildman–Crippen LogP) is 4.67. The van der Waals surface area contributed by atoms with Gasteiger partial charge in [0.25, 0.3) is 0 Å². The number of thiophene rings is 1. The quantitative estimate of drug-likeness (QED) is 0.788. The summed E-state index contributed by atoms with van der Waals surface area (Å²) in [6, 6.07) is 8.53. The van der Waals surface area contributed by atoms with Crippen molar-refractivity contribution in [1.82, 2.24) is 0 Å². The number of anilines is 1. The summed E-state index contributed by atoms with van der Waals surface area (Å²) >= 11 is 3.35. The zero-order valence-corrected chi connectivity index (χ0v) is 12.6. The Morgan fingerprint density at radius 2 is 2.25 bits per heavy atom. The molecule has 0 saturated carbocycles. The molecule has 0 amide bonds. The summed E-state index contributed by atoms with van der Waals surface area (Å²) in [6.45, 7) is 0.565. The first-order valence-electron chi connectivity index (χ1n) is 6.51. The molecule has 4 heteroatoms. The highest BCUT2D eigenvalue weighted by atomic mass is 32.2. The van der Waals surface area contributed by atoms with Gasteiger partial charge in [-0.3, -0.25) is 0 Å². The van der Waals surface area contributed by atoms with Crippen LogP contribution >= 0.6 is 23.3 Å². The third-order valence-corrected chi connectivity index (χ3v) is 4.85. The van der Waals surface area contributed by atoms with Gasteiger partial charge in [-0.05, 0) is 47.0 Å². The standard InChI is InChI=1S/C16H16N2S2/c17-10-12-5-6-15(13-3-1-2-4-13)16(9-12)18-20-14-7-8-19-11-14/h1-3,5-9,11,18H,4,10,17H2. The Morgan fingerprint density at radius 3 is 2.95 bits per heavy atom. The molecular formula is C16H16N2S2. The summed E-state index contributed by atoms with van der Waals surface area (Å²) in [6.07, 6.45) is 7.47. The molecule has 2 nitrogen and oxygen atoms in total. The van der Waals surface area contributed by atoms with Gasteiger partial charge in [0.1, 0.15) is 0 Å². The Kier molecular flexibility index (Phi) is 4.25. The number of hydrogen-bond donors (Lipinski definition) is 2. The number of nitrogens with one attached hydrogen (secondary N) is 1. The van der Waals surface area contributed by atoms with Crippen LogP contribution in [0.25, 0.3) is 5.57 Å². The van der Waals surface area contributed by atoms with Crippen LogP contribution in [-0.4, -0.2) is 0 Å². The average Bonchev–Trinajstić information content (AvgIpc) is 3.18. The van der Waals surface area contributed by atoms with Gasteiger partial charge in [-0.25, -0.2) is 0 Å². The first kappa shape index (κ1) is 13.5. The average molecular weight is 300 g/mol. The SMILES string of the molecule is NCc1ccc(C2=CC=CC2)c(NSc2ccsc2)c1. The van der Waals surface area contributed by atoms with Crippen molar-refractivity contribution in [2.75, 3.05) is 4.72 Å². The van der Waals surface area contributed by atoms with Crippen LogP contribution in [0.5, 0.6) is 0 Å². The molecule has 0 radical (unpaired) electrons. The van der Waals surface area contributed by atoms with Crippen LogP contribution in [0.4, 0.5) is 5.69 Å². The van der Waals surface area contributed by atoms with Gasteiger partial charge in [-0.2, -0.15) is 11.3 Å². The molecule has 0 atom stereocenters. The number of benzene rings is 1. The highest BCUT2D eigenvalue weighted by Gasteiger charge is 2.10. The number of allylic oxidation sites excluding steroid dienone is 4. The van der Waals surface area contributed by atoms with Crippen LogP contribution in [0.2, 0.25) is 0 Å². The van der Waals surface area contributed by atoms with E-state index in [-0.39, 0.29) is 0 Å². The molecule has 0 spiro atoms. The lowest BCUT2D eigenvalue weighted by molar-refractivity contribution is 1.07. The molecule has 0 aliphatic heterocycles. The molecule has 2 aromatic rings. The monoisotopic (exact) mass is 300 g/mol. The highest BCUT2D eigenvalue weighted by molar-refractivity contribution is 8.00. The van der Waals surface area contributed by atoms with E-state index in [1.165, 1.54) is 16.0 Å². The van der Waals surface area contributed by atoms with Gasteiger partial charge < -0.3 is 10.5 Å². The molecule has 0 bridgehead atoms. The van der Waals surface area contributed by atoms with E-state index in [1.54, 1.807) is 23.3 Å². The summed E-state index contributed by atoms with van der Waals surface area (Å²) in [5.41, 5.74) is 10.6. The van der Waals surface area contributed by atoms with E-state index in [4.69, 9.17) is 5.73 Å². The minimum Gasteiger partial charge on any atom is -0.326 e. The molecule has 3 N–H and O–H groups in total. The fraction of sp³-hybridized carbons (Fsp3) is 0.125. The lowest BCUT2D eigenvalue weighted by Gasteiger charge is -2.13. The highest BCUT2D eigenvalue weighted by Crippen LogP contribution is 2.33. The Hall–Kier alpha value is -1.49. The lowest BCUT2D eigenvalue weighted by Crippen LogP contribution is -1.99. The molecule has 1 aliphatic carbocycles. The van der Waals surface area contributed by atoms with Crippen molar-refractivity contribution in [3.8, 4) is 0 Å². The fourth-order valence-corrected chi connectivity index (χ4v) is 3.65. The van der Waals surface area contributed by atoms with Gasteiger partial charge >= 0.3 is 0 Å². The largest absolute Gasteiger partial charge is 0.326 e. The fourth-order valence-electron chi connectivity index (χ4n) is 2.15. The van der Waals surface area contributed by atoms with E-state index >= 15 is 0 Å². The Labute approximate surface area is 127 Å². The molecule has 1 heterocycles. The van der Waals surface area contributed by atoms with Crippen molar-refractivity contribution < 1.29 is 0 Å². The molecule has 0 saturated heterocycles. The summed E-state index contributed by atoms with van der Waals surface area (Å²) in [7, 11) is 0. The second kappa shape index (κ2) is 6.31. The Morgan fingerprint density at radius 1 is 1.30 bits per heavy atom. The normalized spacial score (nSPS) is 13.6. The zero-order chi connectivity index (χ0) is 13.8. The van der Waals surface area contributed by atoms with E-state index in [0.717, 1.165) is 17.7 Å². The van der Waals surface area contributed by atoms with Gasteiger partial charge in [0.2, 0.25) is 0 Å². The van der Waals surface area contributed by atoms with Crippen molar-refractivity contribution in [2.24, 2.45) is 5.73 Å². The van der Waals surface area contributed by atoms with Crippen LogP contribution < -0.4 is 10.5 Å². The third kappa shape index (κ3) is 2.98. The molecule has 3 rings (SSSR count). The molecule has 1 aliphatic rings. The number of nitrogens with two attached hydrogens (primary N) is 1. The van der Waals surface area contributed by atoms with E-state index in [0.29, 0.717) is 6.54 Å². The van der Waals surface area contributed by atoms with E-state index in [1.807, 2.05) is 0 Å². The van der Waals surface area contributed by atoms with Crippen LogP contribution in [0.3, 0.4) is 0 Å². The molecular weight excluding hydrogens is 284 g/mol. The predicted molar refractivity (Wildman–Crippen MR) is 89.9 cm³/mol. The molecule has 1 aromatic carbocycles. The van der Waals surface area contributed by atoms with Crippen LogP contribution in [0, 0.1) is 0 Å². The minimum atomic E-state index is 0.565. The molecule has 20 heavy (non-hydrogen) atoms. The van der Waals surface area contributed by atoms with Gasteiger partial charge in [0, 0.05) is 22.4 Å². The number of rotatable bonds is 5. The Balaban J connectivity index is 1.85. The summed E-state index contributed by atoms with van der Waals surface area (Å²) in [4.78, 5) is 1.23. The topological polar surface area (TPSA) is 38.0 Å². The van der Waals surface area contributed by atoms with Crippen molar-refractivity contribution in [2.45, 2.75) is 17.9 Å². The summed E-state index contributed by atoms with van der Waals surface area (Å²) in [5.74, 6) is 0. The van der Waals surface area contributed by atoms with E-state index in [9.17, 15) is 0 Å². The summed E-state index contributed by atoms with van der Waals surface area (Å²) in [5, 5.41) is 4.23. The van der Waals surface area contributed by atoms with E-state index in [2.05, 4.69) is 58.0 Å². The van der Waals surface area contributed by atoms with Gasteiger partial charge in [0.15, 0.2) is 0 Å². The van der Waals surface area contributed by atoms with Gasteiger partial charge in [0.05, 0.1) is 5.69 Å². The molecule has 0 unspecified atom stereocenters. The smallest absolute Gasteiger partial charge is 0.0522 e. The first-order valence-corrected chi connectivity index (χ1v) is 8.27. The molecule has 1 aromatic heterocycles. The first-order chi connectivity index (χ1) is 9.86. The maximum absolute atomic E-state index is 5.75. The van der Waals surface area contributed by atoms with Crippen LogP contribution in [0.15, 0.2) is 58.1 Å². The lowest BCUT2D eigenvalue weighted by atomic mass is 10.0. The van der Waals surface area contributed by atoms with Gasteiger partial charge in [-0.15, -0.1) is 0 Å². The summed E-state index contributed by atoms with van der Waals surface area (Å²) < 4.78 is 3.47. The zero-order valence-electron chi connectivity index (χ0n) is 11.0. The molecule has 0 fully saturated rings. The minimum absolute atomic E-state index is 0.565. The van der Waals surface area contributed by atoms with Crippen LogP contribution in [0.1, 0.15) is 17.5 Å². The van der Waals surface area contributed by atoms with Gasteiger partial charge in [-0.1, -0.05) is 30.4 Å². The molecule has 102 valence electrons. The van der Waals surface area contributed by atoms with Crippen molar-refractivity contribution in [3.63, 3.8) is 0 Å². The van der Waals surface area contributed by atoms with E-state index < -0.39 is 0 Å². The third-order valence-electron chi connectivity index (χ3n) is 3.21. The Bertz CT molecular complexity index is 643. The van der Waals surface area contributed by atoms with Crippen molar-refractivity contribution >= 4 is 34.5 Å². The number of hydrogen-bond acceptors (Lipinski definition) is 4. The van der Waals surface area contributed by atoms with Crippen LogP contribution in [-0.2, 0) is 6.54 Å². The van der Waals surface area contributed by atoms with Crippen molar-refractivity contribution in [1.29, 1.82) is 0 Å².